The number of fused-ring (bicyclic) bond motifs is 1. The van der Waals surface area contributed by atoms with E-state index in [2.05, 4.69) is 25.1 Å². The fourth-order valence-electron chi connectivity index (χ4n) is 4.80. The van der Waals surface area contributed by atoms with Crippen LogP contribution in [0.5, 0.6) is 0 Å². The number of ketones is 1. The van der Waals surface area contributed by atoms with Gasteiger partial charge in [-0.3, -0.25) is 9.78 Å². The molecule has 3 aromatic rings. The van der Waals surface area contributed by atoms with Gasteiger partial charge >= 0.3 is 0 Å². The number of rotatable bonds is 10. The van der Waals surface area contributed by atoms with Crippen molar-refractivity contribution < 1.29 is 34.4 Å². The number of aryl methyl sites for hydroxylation is 2. The normalized spacial score (nSPS) is 11.8. The summed E-state index contributed by atoms with van der Waals surface area (Å²) in [6, 6.07) is 17.5. The van der Waals surface area contributed by atoms with E-state index >= 15 is 0 Å². The van der Waals surface area contributed by atoms with Crippen molar-refractivity contribution in [1.29, 1.82) is 0 Å². The summed E-state index contributed by atoms with van der Waals surface area (Å²) in [7, 11) is 0. The molecule has 5 heteroatoms. The van der Waals surface area contributed by atoms with Gasteiger partial charge in [0.05, 0.1) is 11.3 Å². The molecule has 1 heterocycles. The molecule has 0 bridgehead atoms. The number of allylic oxidation sites excluding steroid dienone is 2. The summed E-state index contributed by atoms with van der Waals surface area (Å²) in [4.78, 5) is 16.5. The van der Waals surface area contributed by atoms with E-state index in [4.69, 9.17) is 4.98 Å². The first-order chi connectivity index (χ1) is 17.9. The van der Waals surface area contributed by atoms with Gasteiger partial charge in [0.1, 0.15) is 5.67 Å². The van der Waals surface area contributed by atoms with Gasteiger partial charge in [-0.15, -0.1) is 34.9 Å². The summed E-state index contributed by atoms with van der Waals surface area (Å²) < 4.78 is 14.2. The first-order valence-corrected chi connectivity index (χ1v) is 13.9. The number of aliphatic hydroxyl groups is 1. The molecule has 0 aliphatic rings. The van der Waals surface area contributed by atoms with Gasteiger partial charge in [-0.25, -0.2) is 4.39 Å². The minimum atomic E-state index is -1.26. The molecular formula is C34H45FIrNO2-. The average molecular weight is 711 g/mol. The number of alkyl halides is 1. The van der Waals surface area contributed by atoms with Crippen molar-refractivity contribution in [2.75, 3.05) is 0 Å². The van der Waals surface area contributed by atoms with Gasteiger partial charge < -0.3 is 5.11 Å². The third kappa shape index (κ3) is 10.6. The molecule has 1 aromatic heterocycles. The largest absolute Gasteiger partial charge is 0.512 e. The fourth-order valence-corrected chi connectivity index (χ4v) is 4.80. The smallest absolute Gasteiger partial charge is 0.162 e. The van der Waals surface area contributed by atoms with Crippen LogP contribution in [0.4, 0.5) is 4.39 Å². The predicted octanol–water partition coefficient (Wildman–Crippen LogP) is 9.48. The van der Waals surface area contributed by atoms with Gasteiger partial charge in [-0.2, -0.15) is 0 Å². The Bertz CT molecular complexity index is 1220. The van der Waals surface area contributed by atoms with Crippen LogP contribution in [0.3, 0.4) is 0 Å². The number of aliphatic hydroxyl groups excluding tert-OH is 1. The number of hydrogen-bond donors (Lipinski definition) is 1. The van der Waals surface area contributed by atoms with Gasteiger partial charge in [-0.1, -0.05) is 65.8 Å². The molecule has 215 valence electrons. The third-order valence-electron chi connectivity index (χ3n) is 6.92. The third-order valence-corrected chi connectivity index (χ3v) is 6.92. The molecule has 0 aliphatic heterocycles. The number of para-hydroxylation sites is 1. The first kappa shape index (κ1) is 34.7. The molecule has 0 fully saturated rings. The zero-order valence-electron chi connectivity index (χ0n) is 24.8. The summed E-state index contributed by atoms with van der Waals surface area (Å²) in [5, 5.41) is 10.8. The molecule has 0 amide bonds. The molecule has 0 saturated carbocycles. The summed E-state index contributed by atoms with van der Waals surface area (Å²) in [5.74, 6) is 0.547. The Balaban J connectivity index is 0.000000418. The number of carbonyl (C=O) groups excluding carboxylic acids is 1. The molecule has 0 aliphatic carbocycles. The molecule has 1 N–H and O–H groups in total. The van der Waals surface area contributed by atoms with Crippen molar-refractivity contribution >= 4 is 16.7 Å². The van der Waals surface area contributed by atoms with Crippen molar-refractivity contribution in [1.82, 2.24) is 4.98 Å². The second kappa shape index (κ2) is 16.0. The zero-order valence-corrected chi connectivity index (χ0v) is 27.2. The second-order valence-electron chi connectivity index (χ2n) is 10.8. The summed E-state index contributed by atoms with van der Waals surface area (Å²) >= 11 is 0. The first-order valence-electron chi connectivity index (χ1n) is 13.9. The number of aromatic nitrogens is 1. The molecule has 3 rings (SSSR count). The van der Waals surface area contributed by atoms with E-state index in [0.29, 0.717) is 6.42 Å². The maximum Gasteiger partial charge on any atom is 0.162 e. The summed E-state index contributed by atoms with van der Waals surface area (Å²) in [6.07, 6.45) is 5.28. The predicted molar refractivity (Wildman–Crippen MR) is 158 cm³/mol. The average Bonchev–Trinajstić information content (AvgIpc) is 2.84. The Kier molecular flexibility index (Phi) is 14.3. The van der Waals surface area contributed by atoms with Crippen molar-refractivity contribution in [3.8, 4) is 11.3 Å². The van der Waals surface area contributed by atoms with Crippen molar-refractivity contribution in [2.24, 2.45) is 11.8 Å². The van der Waals surface area contributed by atoms with E-state index in [1.807, 2.05) is 65.0 Å². The van der Waals surface area contributed by atoms with Crippen LogP contribution in [0.25, 0.3) is 22.2 Å². The monoisotopic (exact) mass is 711 g/mol. The number of hydrogen-bond acceptors (Lipinski definition) is 3. The van der Waals surface area contributed by atoms with Crippen LogP contribution in [0, 0.1) is 31.7 Å². The van der Waals surface area contributed by atoms with Gasteiger partial charge in [0.2, 0.25) is 0 Å². The van der Waals surface area contributed by atoms with Crippen molar-refractivity contribution in [2.45, 2.75) is 93.2 Å². The van der Waals surface area contributed by atoms with Crippen LogP contribution < -0.4 is 0 Å². The van der Waals surface area contributed by atoms with E-state index in [1.54, 1.807) is 13.8 Å². The van der Waals surface area contributed by atoms with Gasteiger partial charge in [0, 0.05) is 49.8 Å². The quantitative estimate of drug-likeness (QED) is 0.130. The molecule has 39 heavy (non-hydrogen) atoms. The van der Waals surface area contributed by atoms with Crippen LogP contribution in [-0.4, -0.2) is 21.5 Å². The number of carbonyl (C=O) groups is 1. The topological polar surface area (TPSA) is 50.2 Å². The maximum atomic E-state index is 14.2. The molecule has 2 aromatic carbocycles. The van der Waals surface area contributed by atoms with Crippen molar-refractivity contribution in [3.63, 3.8) is 0 Å². The van der Waals surface area contributed by atoms with E-state index < -0.39 is 5.67 Å². The number of halogens is 1. The van der Waals surface area contributed by atoms with Crippen LogP contribution in [-0.2, 0) is 31.3 Å². The Morgan fingerprint density at radius 2 is 1.59 bits per heavy atom. The van der Waals surface area contributed by atoms with Gasteiger partial charge in [0.15, 0.2) is 5.78 Å². The number of benzene rings is 2. The van der Waals surface area contributed by atoms with Crippen LogP contribution >= 0.6 is 0 Å². The minimum Gasteiger partial charge on any atom is -0.512 e. The van der Waals surface area contributed by atoms with Crippen LogP contribution in [0.2, 0.25) is 0 Å². The fraction of sp³-hybridized carbons (Fsp3) is 0.471. The van der Waals surface area contributed by atoms with Crippen LogP contribution in [0.15, 0.2) is 54.3 Å². The zero-order chi connectivity index (χ0) is 28.5. The van der Waals surface area contributed by atoms with E-state index in [9.17, 15) is 14.3 Å². The Hall–Kier alpha value is -2.36. The molecule has 0 spiro atoms. The minimum absolute atomic E-state index is 0. The molecule has 0 unspecified atom stereocenters. The van der Waals surface area contributed by atoms with Gasteiger partial charge in [0.25, 0.3) is 0 Å². The van der Waals surface area contributed by atoms with Crippen LogP contribution in [0.1, 0.15) is 83.9 Å². The summed E-state index contributed by atoms with van der Waals surface area (Å²) in [6.45, 7) is 15.4. The number of pyridine rings is 1. The molecule has 1 radical (unpaired) electrons. The Morgan fingerprint density at radius 1 is 1.00 bits per heavy atom. The molecular weight excluding hydrogens is 666 g/mol. The van der Waals surface area contributed by atoms with Gasteiger partial charge in [-0.05, 0) is 56.9 Å². The Labute approximate surface area is 248 Å². The molecule has 0 atom stereocenters. The van der Waals surface area contributed by atoms with E-state index in [0.717, 1.165) is 59.0 Å². The maximum absolute atomic E-state index is 14.2. The second-order valence-corrected chi connectivity index (χ2v) is 10.8. The molecule has 3 nitrogen and oxygen atoms in total. The van der Waals surface area contributed by atoms with Crippen molar-refractivity contribution in [3.05, 3.63) is 77.1 Å². The summed E-state index contributed by atoms with van der Waals surface area (Å²) in [5.41, 5.74) is 4.72. The SMILES string of the molecule is CCC(CC)C(=O)/C=C(\O)C(CC)CC.Cc1[c-]c(-c2cc(CC(C)(C)F)c3ccccc3n2)cc(C)c1.[Ir]. The number of nitrogens with zero attached hydrogens (tertiary/aromatic N) is 1. The molecule has 0 saturated heterocycles. The Morgan fingerprint density at radius 3 is 2.13 bits per heavy atom. The van der Waals surface area contributed by atoms with E-state index in [-0.39, 0.29) is 43.5 Å². The standard InChI is InChI=1S/C21H21FN.C13H24O2.Ir/c1-14-9-15(2)11-16(10-14)20-12-17(13-21(3,4)22)18-7-5-6-8-19(18)23-20;1-5-10(6-2)12(14)9-13(15)11(7-3)8-4;/h5-10,12H,13H2,1-4H3;9-11,14H,5-8H2,1-4H3;/q-1;;/b;12-9-;. The van der Waals surface area contributed by atoms with E-state index in [1.165, 1.54) is 11.6 Å².